The monoisotopic (exact) mass is 296 g/mol. The summed E-state index contributed by atoms with van der Waals surface area (Å²) in [4.78, 5) is 11.1. The first-order chi connectivity index (χ1) is 6.06. The fourth-order valence-electron chi connectivity index (χ4n) is 0.864. The lowest BCUT2D eigenvalue weighted by Gasteiger charge is -2.04. The molecule has 0 atom stereocenters. The van der Waals surface area contributed by atoms with Gasteiger partial charge in [-0.05, 0) is 28.7 Å². The Bertz CT molecular complexity index is 328. The number of methoxy groups -OCH3 is 1. The standard InChI is InChI=1S/C8H6FIO3/c1-13-8(12)7-5(10)2-4(9)3-6(7)11/h2-3,11H,1H3. The number of carbonyl (C=O) groups is 1. The van der Waals surface area contributed by atoms with E-state index in [1.807, 2.05) is 0 Å². The highest BCUT2D eigenvalue weighted by Crippen LogP contribution is 2.24. The van der Waals surface area contributed by atoms with Gasteiger partial charge in [0.05, 0.1) is 7.11 Å². The smallest absolute Gasteiger partial charge is 0.342 e. The molecule has 0 radical (unpaired) electrons. The molecule has 0 aliphatic heterocycles. The average Bonchev–Trinajstić information content (AvgIpc) is 2.02. The second kappa shape index (κ2) is 3.91. The molecule has 0 heterocycles. The fourth-order valence-corrected chi connectivity index (χ4v) is 1.66. The van der Waals surface area contributed by atoms with Crippen LogP contribution in [0.3, 0.4) is 0 Å². The Balaban J connectivity index is 3.28. The molecule has 5 heteroatoms. The number of phenolic OH excluding ortho intramolecular Hbond substituents is 1. The zero-order valence-corrected chi connectivity index (χ0v) is 8.83. The summed E-state index contributed by atoms with van der Waals surface area (Å²) in [6.07, 6.45) is 0. The molecule has 0 fully saturated rings. The third-order valence-corrected chi connectivity index (χ3v) is 2.27. The maximum absolute atomic E-state index is 12.7. The average molecular weight is 296 g/mol. The first-order valence-electron chi connectivity index (χ1n) is 3.32. The van der Waals surface area contributed by atoms with Gasteiger partial charge in [-0.15, -0.1) is 0 Å². The highest BCUT2D eigenvalue weighted by atomic mass is 127. The molecule has 0 bridgehead atoms. The maximum Gasteiger partial charge on any atom is 0.342 e. The minimum Gasteiger partial charge on any atom is -0.507 e. The molecule has 3 nitrogen and oxygen atoms in total. The van der Waals surface area contributed by atoms with E-state index in [9.17, 15) is 14.3 Å². The number of carbonyl (C=O) groups excluding carboxylic acids is 1. The van der Waals surface area contributed by atoms with Crippen molar-refractivity contribution in [1.82, 2.24) is 0 Å². The van der Waals surface area contributed by atoms with Gasteiger partial charge in [-0.1, -0.05) is 0 Å². The Morgan fingerprint density at radius 2 is 2.23 bits per heavy atom. The predicted molar refractivity (Wildman–Crippen MR) is 52.1 cm³/mol. The summed E-state index contributed by atoms with van der Waals surface area (Å²) in [6.45, 7) is 0. The van der Waals surface area contributed by atoms with Gasteiger partial charge in [0.25, 0.3) is 0 Å². The summed E-state index contributed by atoms with van der Waals surface area (Å²) in [5.74, 6) is -1.67. The van der Waals surface area contributed by atoms with Crippen molar-refractivity contribution in [2.75, 3.05) is 7.11 Å². The molecule has 1 aromatic carbocycles. The molecule has 1 rings (SSSR count). The zero-order valence-electron chi connectivity index (χ0n) is 6.67. The Morgan fingerprint density at radius 1 is 1.62 bits per heavy atom. The van der Waals surface area contributed by atoms with Crippen LogP contribution in [0.25, 0.3) is 0 Å². The molecule has 0 amide bonds. The molecule has 0 saturated carbocycles. The van der Waals surface area contributed by atoms with Gasteiger partial charge in [-0.25, -0.2) is 9.18 Å². The fraction of sp³-hybridized carbons (Fsp3) is 0.125. The number of aromatic hydroxyl groups is 1. The second-order valence-electron chi connectivity index (χ2n) is 2.27. The number of halogens is 2. The molecule has 0 aromatic heterocycles. The van der Waals surface area contributed by atoms with Crippen molar-refractivity contribution in [3.63, 3.8) is 0 Å². The lowest BCUT2D eigenvalue weighted by atomic mass is 10.2. The molecule has 0 unspecified atom stereocenters. The number of phenols is 1. The molecule has 0 spiro atoms. The van der Waals surface area contributed by atoms with Crippen LogP contribution in [0.15, 0.2) is 12.1 Å². The number of rotatable bonds is 1. The Labute approximate surface area is 87.7 Å². The van der Waals surface area contributed by atoms with Gasteiger partial charge in [0.1, 0.15) is 17.1 Å². The highest BCUT2D eigenvalue weighted by Gasteiger charge is 2.16. The van der Waals surface area contributed by atoms with Crippen molar-refractivity contribution < 1.29 is 19.0 Å². The van der Waals surface area contributed by atoms with Gasteiger partial charge in [0.15, 0.2) is 0 Å². The largest absolute Gasteiger partial charge is 0.507 e. The summed E-state index contributed by atoms with van der Waals surface area (Å²) in [5, 5.41) is 9.23. The molecule has 1 aromatic rings. The van der Waals surface area contributed by atoms with Gasteiger partial charge in [0, 0.05) is 9.64 Å². The van der Waals surface area contributed by atoms with E-state index < -0.39 is 17.5 Å². The Hall–Kier alpha value is -0.850. The van der Waals surface area contributed by atoms with Crippen LogP contribution < -0.4 is 0 Å². The maximum atomic E-state index is 12.7. The summed E-state index contributed by atoms with van der Waals surface area (Å²) >= 11 is 1.75. The minimum atomic E-state index is -0.679. The van der Waals surface area contributed by atoms with E-state index in [4.69, 9.17) is 0 Å². The number of esters is 1. The van der Waals surface area contributed by atoms with E-state index in [1.54, 1.807) is 22.6 Å². The van der Waals surface area contributed by atoms with Crippen molar-refractivity contribution in [3.8, 4) is 5.75 Å². The highest BCUT2D eigenvalue weighted by molar-refractivity contribution is 14.1. The molecular weight excluding hydrogens is 290 g/mol. The Kier molecular flexibility index (Phi) is 3.07. The normalized spacial score (nSPS) is 9.77. The number of benzene rings is 1. The quantitative estimate of drug-likeness (QED) is 0.636. The van der Waals surface area contributed by atoms with Crippen molar-refractivity contribution in [3.05, 3.63) is 27.1 Å². The SMILES string of the molecule is COC(=O)c1c(O)cc(F)cc1I. The van der Waals surface area contributed by atoms with Crippen LogP contribution >= 0.6 is 22.6 Å². The first kappa shape index (κ1) is 10.2. The molecule has 0 aliphatic carbocycles. The lowest BCUT2D eigenvalue weighted by molar-refractivity contribution is 0.0596. The summed E-state index contributed by atoms with van der Waals surface area (Å²) in [7, 11) is 1.20. The van der Waals surface area contributed by atoms with Crippen molar-refractivity contribution in [1.29, 1.82) is 0 Å². The van der Waals surface area contributed by atoms with E-state index >= 15 is 0 Å². The van der Waals surface area contributed by atoms with Gasteiger partial charge < -0.3 is 9.84 Å². The zero-order chi connectivity index (χ0) is 10.0. The number of hydrogen-bond acceptors (Lipinski definition) is 3. The second-order valence-corrected chi connectivity index (χ2v) is 3.44. The predicted octanol–water partition coefficient (Wildman–Crippen LogP) is 1.92. The van der Waals surface area contributed by atoms with Crippen LogP contribution in [0.2, 0.25) is 0 Å². The van der Waals surface area contributed by atoms with Crippen LogP contribution in [-0.4, -0.2) is 18.2 Å². The molecular formula is C8H6FIO3. The van der Waals surface area contributed by atoms with E-state index in [0.29, 0.717) is 3.57 Å². The minimum absolute atomic E-state index is 0.00972. The van der Waals surface area contributed by atoms with Gasteiger partial charge in [-0.2, -0.15) is 0 Å². The van der Waals surface area contributed by atoms with Crippen LogP contribution in [0, 0.1) is 9.39 Å². The number of hydrogen-bond donors (Lipinski definition) is 1. The van der Waals surface area contributed by atoms with Crippen LogP contribution in [-0.2, 0) is 4.74 Å². The van der Waals surface area contributed by atoms with Gasteiger partial charge >= 0.3 is 5.97 Å². The van der Waals surface area contributed by atoms with Crippen LogP contribution in [0.4, 0.5) is 4.39 Å². The molecule has 1 N–H and O–H groups in total. The van der Waals surface area contributed by atoms with E-state index in [2.05, 4.69) is 4.74 Å². The van der Waals surface area contributed by atoms with E-state index in [0.717, 1.165) is 12.1 Å². The summed E-state index contributed by atoms with van der Waals surface area (Å²) < 4.78 is 17.4. The third kappa shape index (κ3) is 2.09. The number of ether oxygens (including phenoxy) is 1. The third-order valence-electron chi connectivity index (χ3n) is 1.42. The van der Waals surface area contributed by atoms with E-state index in [-0.39, 0.29) is 5.56 Å². The van der Waals surface area contributed by atoms with Crippen molar-refractivity contribution >= 4 is 28.6 Å². The van der Waals surface area contributed by atoms with E-state index in [1.165, 1.54) is 7.11 Å². The van der Waals surface area contributed by atoms with Crippen LogP contribution in [0.5, 0.6) is 5.75 Å². The molecule has 70 valence electrons. The summed E-state index contributed by atoms with van der Waals surface area (Å²) in [6, 6.07) is 2.01. The molecule has 13 heavy (non-hydrogen) atoms. The Morgan fingerprint density at radius 3 is 2.69 bits per heavy atom. The first-order valence-corrected chi connectivity index (χ1v) is 4.40. The van der Waals surface area contributed by atoms with Crippen molar-refractivity contribution in [2.45, 2.75) is 0 Å². The molecule has 0 aliphatic rings. The lowest BCUT2D eigenvalue weighted by Crippen LogP contribution is -2.04. The topological polar surface area (TPSA) is 46.5 Å². The van der Waals surface area contributed by atoms with Crippen molar-refractivity contribution in [2.24, 2.45) is 0 Å². The summed E-state index contributed by atoms with van der Waals surface area (Å²) in [5.41, 5.74) is -0.00972. The molecule has 0 saturated heterocycles. The van der Waals surface area contributed by atoms with Crippen LogP contribution in [0.1, 0.15) is 10.4 Å². The van der Waals surface area contributed by atoms with Gasteiger partial charge in [0.2, 0.25) is 0 Å². The van der Waals surface area contributed by atoms with Gasteiger partial charge in [-0.3, -0.25) is 0 Å².